The second kappa shape index (κ2) is 9.47. The maximum absolute atomic E-state index is 11.1. The molecule has 0 N–H and O–H groups in total. The normalized spacial score (nSPS) is 9.89. The number of hydrogen-bond acceptors (Lipinski definition) is 6. The van der Waals surface area contributed by atoms with Crippen LogP contribution in [0.4, 0.5) is 0 Å². The van der Waals surface area contributed by atoms with E-state index in [0.717, 1.165) is 0 Å². The van der Waals surface area contributed by atoms with Crippen LogP contribution in [0, 0.1) is 0 Å². The van der Waals surface area contributed by atoms with E-state index in [4.69, 9.17) is 9.47 Å². The van der Waals surface area contributed by atoms with Crippen LogP contribution in [-0.4, -0.2) is 43.1 Å². The highest BCUT2D eigenvalue weighted by Gasteiger charge is 2.07. The number of carbonyl (C=O) groups excluding carboxylic acids is 4. The SMILES string of the molecule is CC(=O)CC(=O)CCOCCOC(=O)CC(C)=O. The van der Waals surface area contributed by atoms with Crippen molar-refractivity contribution in [1.82, 2.24) is 0 Å². The summed E-state index contributed by atoms with van der Waals surface area (Å²) in [7, 11) is 0. The molecule has 102 valence electrons. The molecular weight excluding hydrogens is 240 g/mol. The van der Waals surface area contributed by atoms with Gasteiger partial charge in [-0.1, -0.05) is 0 Å². The lowest BCUT2D eigenvalue weighted by Gasteiger charge is -2.04. The van der Waals surface area contributed by atoms with Crippen molar-refractivity contribution in [3.8, 4) is 0 Å². The highest BCUT2D eigenvalue weighted by molar-refractivity contribution is 5.97. The molecule has 6 nitrogen and oxygen atoms in total. The lowest BCUT2D eigenvalue weighted by Crippen LogP contribution is -2.14. The van der Waals surface area contributed by atoms with E-state index in [9.17, 15) is 19.2 Å². The zero-order chi connectivity index (χ0) is 14.0. The van der Waals surface area contributed by atoms with Crippen LogP contribution >= 0.6 is 0 Å². The van der Waals surface area contributed by atoms with E-state index >= 15 is 0 Å². The molecule has 0 aromatic rings. The van der Waals surface area contributed by atoms with E-state index in [1.54, 1.807) is 0 Å². The number of rotatable bonds is 10. The summed E-state index contributed by atoms with van der Waals surface area (Å²) in [5.74, 6) is -1.18. The number of ether oxygens (including phenoxy) is 2. The van der Waals surface area contributed by atoms with Gasteiger partial charge in [-0.05, 0) is 13.8 Å². The minimum Gasteiger partial charge on any atom is -0.463 e. The minimum absolute atomic E-state index is 0.0486. The van der Waals surface area contributed by atoms with Gasteiger partial charge in [0.05, 0.1) is 19.6 Å². The average Bonchev–Trinajstić information content (AvgIpc) is 2.20. The van der Waals surface area contributed by atoms with Gasteiger partial charge in [-0.2, -0.15) is 0 Å². The second-order valence-corrected chi connectivity index (χ2v) is 3.88. The highest BCUT2D eigenvalue weighted by Crippen LogP contribution is 1.93. The molecule has 0 heterocycles. The maximum Gasteiger partial charge on any atom is 0.313 e. The van der Waals surface area contributed by atoms with Gasteiger partial charge in [0.15, 0.2) is 0 Å². The first-order valence-corrected chi connectivity index (χ1v) is 5.65. The Morgan fingerprint density at radius 1 is 0.833 bits per heavy atom. The molecular formula is C12H18O6. The van der Waals surface area contributed by atoms with E-state index < -0.39 is 5.97 Å². The van der Waals surface area contributed by atoms with Gasteiger partial charge < -0.3 is 9.47 Å². The van der Waals surface area contributed by atoms with Crippen molar-refractivity contribution in [2.75, 3.05) is 19.8 Å². The average molecular weight is 258 g/mol. The van der Waals surface area contributed by atoms with E-state index in [0.29, 0.717) is 0 Å². The monoisotopic (exact) mass is 258 g/mol. The first-order valence-electron chi connectivity index (χ1n) is 5.65. The van der Waals surface area contributed by atoms with Crippen LogP contribution in [0.25, 0.3) is 0 Å². The van der Waals surface area contributed by atoms with Gasteiger partial charge in [-0.3, -0.25) is 19.2 Å². The van der Waals surface area contributed by atoms with Crippen LogP contribution in [0.2, 0.25) is 0 Å². The molecule has 0 saturated heterocycles. The third-order valence-corrected chi connectivity index (χ3v) is 1.86. The van der Waals surface area contributed by atoms with E-state index in [-0.39, 0.29) is 56.4 Å². The van der Waals surface area contributed by atoms with Crippen molar-refractivity contribution in [3.63, 3.8) is 0 Å². The third-order valence-electron chi connectivity index (χ3n) is 1.86. The molecule has 0 bridgehead atoms. The van der Waals surface area contributed by atoms with Gasteiger partial charge in [0.25, 0.3) is 0 Å². The summed E-state index contributed by atoms with van der Waals surface area (Å²) in [6.45, 7) is 3.06. The summed E-state index contributed by atoms with van der Waals surface area (Å²) in [5.41, 5.74) is 0. The van der Waals surface area contributed by atoms with Crippen LogP contribution in [-0.2, 0) is 28.7 Å². The number of esters is 1. The molecule has 0 spiro atoms. The molecule has 6 heteroatoms. The van der Waals surface area contributed by atoms with Crippen molar-refractivity contribution >= 4 is 23.3 Å². The van der Waals surface area contributed by atoms with Gasteiger partial charge in [0.2, 0.25) is 0 Å². The molecule has 0 unspecified atom stereocenters. The summed E-state index contributed by atoms with van der Waals surface area (Å²) in [6, 6.07) is 0. The fourth-order valence-corrected chi connectivity index (χ4v) is 1.12. The molecule has 0 aliphatic heterocycles. The molecule has 0 saturated carbocycles. The number of Topliss-reactive ketones (excluding diaryl/α,β-unsaturated/α-hetero) is 3. The Kier molecular flexibility index (Phi) is 8.65. The Morgan fingerprint density at radius 3 is 2.00 bits per heavy atom. The molecule has 0 fully saturated rings. The van der Waals surface area contributed by atoms with Crippen LogP contribution in [0.15, 0.2) is 0 Å². The standard InChI is InChI=1S/C12H18O6/c1-9(13)7-11(15)3-4-17-5-6-18-12(16)8-10(2)14/h3-8H2,1-2H3. The zero-order valence-electron chi connectivity index (χ0n) is 10.7. The minimum atomic E-state index is -0.584. The van der Waals surface area contributed by atoms with Gasteiger partial charge in [0.1, 0.15) is 30.4 Å². The summed E-state index contributed by atoms with van der Waals surface area (Å²) in [4.78, 5) is 43.2. The lowest BCUT2D eigenvalue weighted by atomic mass is 10.2. The van der Waals surface area contributed by atoms with Crippen molar-refractivity contribution in [1.29, 1.82) is 0 Å². The van der Waals surface area contributed by atoms with Gasteiger partial charge in [-0.15, -0.1) is 0 Å². The summed E-state index contributed by atoms with van der Waals surface area (Å²) < 4.78 is 9.75. The van der Waals surface area contributed by atoms with E-state index in [1.165, 1.54) is 13.8 Å². The molecule has 0 aliphatic rings. The Hall–Kier alpha value is -1.56. The molecule has 0 aromatic carbocycles. The van der Waals surface area contributed by atoms with Crippen LogP contribution in [0.5, 0.6) is 0 Å². The Morgan fingerprint density at radius 2 is 1.44 bits per heavy atom. The molecule has 18 heavy (non-hydrogen) atoms. The molecule has 0 radical (unpaired) electrons. The summed E-state index contributed by atoms with van der Waals surface area (Å²) in [5, 5.41) is 0. The van der Waals surface area contributed by atoms with Crippen molar-refractivity contribution in [3.05, 3.63) is 0 Å². The fourth-order valence-electron chi connectivity index (χ4n) is 1.12. The van der Waals surface area contributed by atoms with Crippen LogP contribution in [0.1, 0.15) is 33.1 Å². The van der Waals surface area contributed by atoms with E-state index in [1.807, 2.05) is 0 Å². The Balaban J connectivity index is 3.41. The van der Waals surface area contributed by atoms with Crippen molar-refractivity contribution in [2.45, 2.75) is 33.1 Å². The largest absolute Gasteiger partial charge is 0.463 e. The summed E-state index contributed by atoms with van der Waals surface area (Å²) >= 11 is 0. The van der Waals surface area contributed by atoms with Gasteiger partial charge >= 0.3 is 5.97 Å². The second-order valence-electron chi connectivity index (χ2n) is 3.88. The Labute approximate surface area is 106 Å². The summed E-state index contributed by atoms with van der Waals surface area (Å²) in [6.07, 6.45) is -0.144. The number of ketones is 3. The molecule has 0 amide bonds. The van der Waals surface area contributed by atoms with Crippen molar-refractivity contribution < 1.29 is 28.7 Å². The Bertz CT molecular complexity index is 289. The topological polar surface area (TPSA) is 86.7 Å². The molecule has 0 aliphatic carbocycles. The first-order chi connectivity index (χ1) is 8.41. The zero-order valence-corrected chi connectivity index (χ0v) is 10.7. The fraction of sp³-hybridized carbons (Fsp3) is 0.667. The van der Waals surface area contributed by atoms with Crippen LogP contribution in [0.3, 0.4) is 0 Å². The maximum atomic E-state index is 11.1. The predicted octanol–water partition coefficient (Wildman–Crippen LogP) is 0.464. The quantitative estimate of drug-likeness (QED) is 0.321. The van der Waals surface area contributed by atoms with E-state index in [2.05, 4.69) is 0 Å². The number of carbonyl (C=O) groups is 4. The predicted molar refractivity (Wildman–Crippen MR) is 62.0 cm³/mol. The molecule has 0 aromatic heterocycles. The first kappa shape index (κ1) is 16.4. The highest BCUT2D eigenvalue weighted by atomic mass is 16.6. The smallest absolute Gasteiger partial charge is 0.313 e. The molecule has 0 atom stereocenters. The molecule has 0 rings (SSSR count). The van der Waals surface area contributed by atoms with Crippen molar-refractivity contribution in [2.24, 2.45) is 0 Å². The lowest BCUT2D eigenvalue weighted by molar-refractivity contribution is -0.147. The number of hydrogen-bond donors (Lipinski definition) is 0. The van der Waals surface area contributed by atoms with Crippen LogP contribution < -0.4 is 0 Å². The van der Waals surface area contributed by atoms with Gasteiger partial charge in [-0.25, -0.2) is 0 Å². The third kappa shape index (κ3) is 10.9. The van der Waals surface area contributed by atoms with Gasteiger partial charge in [0, 0.05) is 6.42 Å².